The van der Waals surface area contributed by atoms with Gasteiger partial charge in [0.05, 0.1) is 0 Å². The predicted molar refractivity (Wildman–Crippen MR) is 279 cm³/mol. The molecule has 0 saturated carbocycles. The molecule has 0 radical (unpaired) electrons. The van der Waals surface area contributed by atoms with E-state index in [0.717, 1.165) is 77.0 Å². The van der Waals surface area contributed by atoms with Crippen LogP contribution in [0.15, 0.2) is 85.1 Å². The molecule has 0 spiro atoms. The fourth-order valence-corrected chi connectivity index (χ4v) is 7.21. The van der Waals surface area contributed by atoms with Gasteiger partial charge in [0.1, 0.15) is 13.2 Å². The molecule has 0 saturated heterocycles. The highest BCUT2D eigenvalue weighted by Gasteiger charge is 2.19. The first-order chi connectivity index (χ1) is 32.0. The second-order valence-electron chi connectivity index (χ2n) is 17.8. The lowest BCUT2D eigenvalue weighted by Gasteiger charge is -2.18. The Hall–Kier alpha value is -3.41. The summed E-state index contributed by atoms with van der Waals surface area (Å²) in [6.45, 7) is 6.51. The van der Waals surface area contributed by atoms with Gasteiger partial charge in [0, 0.05) is 19.3 Å². The molecule has 1 atom stereocenters. The van der Waals surface area contributed by atoms with Crippen LogP contribution in [0.2, 0.25) is 0 Å². The van der Waals surface area contributed by atoms with E-state index in [1.807, 2.05) is 0 Å². The number of hydrogen-bond acceptors (Lipinski definition) is 6. The van der Waals surface area contributed by atoms with Crippen LogP contribution >= 0.6 is 0 Å². The standard InChI is InChI=1S/C59H100O6/c1-4-7-10-13-16-19-22-25-28-29-32-34-37-40-43-46-49-52-58(61)64-55-56(65-59(62)53-50-47-44-41-38-35-31-27-24-21-18-15-12-9-6-3)54-63-57(60)51-48-45-42-39-36-33-30-26-23-20-17-14-11-8-5-2/h17-18,20-21,25-28,30-31,36,38-39,41,56H,4-16,19,22-24,29,32-35,37,40,42-55H2,1-3H3/b20-17-,21-18-,28-25-,30-26-,31-27-,39-36-,41-38-/t56-/m1/s1. The first-order valence-corrected chi connectivity index (χ1v) is 27.1. The number of allylic oxidation sites excluding steroid dienone is 14. The largest absolute Gasteiger partial charge is 0.462 e. The van der Waals surface area contributed by atoms with E-state index in [4.69, 9.17) is 14.2 Å². The van der Waals surface area contributed by atoms with Gasteiger partial charge in [-0.1, -0.05) is 196 Å². The first-order valence-electron chi connectivity index (χ1n) is 27.1. The van der Waals surface area contributed by atoms with Gasteiger partial charge in [-0.15, -0.1) is 0 Å². The summed E-state index contributed by atoms with van der Waals surface area (Å²) in [6, 6.07) is 0. The Bertz CT molecular complexity index is 1270. The summed E-state index contributed by atoms with van der Waals surface area (Å²) in [5.41, 5.74) is 0. The molecule has 0 aliphatic rings. The van der Waals surface area contributed by atoms with Crippen molar-refractivity contribution in [1.82, 2.24) is 0 Å². The minimum Gasteiger partial charge on any atom is -0.462 e. The van der Waals surface area contributed by atoms with Crippen LogP contribution in [0.25, 0.3) is 0 Å². The number of rotatable bonds is 48. The number of ether oxygens (including phenoxy) is 3. The molecule has 0 heterocycles. The molecule has 0 aliphatic heterocycles. The summed E-state index contributed by atoms with van der Waals surface area (Å²) in [4.78, 5) is 38.0. The number of esters is 3. The Labute approximate surface area is 401 Å². The zero-order chi connectivity index (χ0) is 47.2. The first kappa shape index (κ1) is 61.6. The van der Waals surface area contributed by atoms with E-state index in [2.05, 4.69) is 106 Å². The maximum atomic E-state index is 12.8. The second-order valence-corrected chi connectivity index (χ2v) is 17.8. The summed E-state index contributed by atoms with van der Waals surface area (Å²) in [6.07, 6.45) is 68.5. The summed E-state index contributed by atoms with van der Waals surface area (Å²) in [5.74, 6) is -0.988. The van der Waals surface area contributed by atoms with E-state index in [1.165, 1.54) is 128 Å². The van der Waals surface area contributed by atoms with Crippen molar-refractivity contribution in [3.8, 4) is 0 Å². The molecule has 0 aliphatic carbocycles. The van der Waals surface area contributed by atoms with E-state index in [1.54, 1.807) is 0 Å². The normalized spacial score (nSPS) is 12.7. The Morgan fingerprint density at radius 2 is 0.554 bits per heavy atom. The van der Waals surface area contributed by atoms with Crippen LogP contribution in [0, 0.1) is 0 Å². The third-order valence-electron chi connectivity index (χ3n) is 11.3. The van der Waals surface area contributed by atoms with Gasteiger partial charge in [-0.05, 0) is 122 Å². The van der Waals surface area contributed by atoms with E-state index in [0.29, 0.717) is 19.3 Å². The third-order valence-corrected chi connectivity index (χ3v) is 11.3. The van der Waals surface area contributed by atoms with Crippen LogP contribution in [0.4, 0.5) is 0 Å². The topological polar surface area (TPSA) is 78.9 Å². The SMILES string of the molecule is CCCCC/C=C\C/C=C\C/C=C\CCCCC(=O)OC[C@H](COC(=O)CCCCCCCCC/C=C\CCCCCCCC)OC(=O)CCCC/C=C\C/C=C\C/C=C\CCCCC. The summed E-state index contributed by atoms with van der Waals surface area (Å²) < 4.78 is 16.8. The molecule has 0 N–H and O–H groups in total. The Balaban J connectivity index is 4.50. The van der Waals surface area contributed by atoms with Crippen molar-refractivity contribution in [2.24, 2.45) is 0 Å². The third kappa shape index (κ3) is 51.4. The molecule has 6 nitrogen and oxygen atoms in total. The number of carbonyl (C=O) groups excluding carboxylic acids is 3. The lowest BCUT2D eigenvalue weighted by molar-refractivity contribution is -0.167. The second kappa shape index (κ2) is 53.2. The molecule has 0 aromatic heterocycles. The lowest BCUT2D eigenvalue weighted by Crippen LogP contribution is -2.30. The molecule has 65 heavy (non-hydrogen) atoms. The maximum Gasteiger partial charge on any atom is 0.306 e. The van der Waals surface area contributed by atoms with Crippen molar-refractivity contribution in [1.29, 1.82) is 0 Å². The van der Waals surface area contributed by atoms with Crippen molar-refractivity contribution in [2.45, 2.75) is 258 Å². The van der Waals surface area contributed by atoms with Crippen LogP contribution in [0.3, 0.4) is 0 Å². The van der Waals surface area contributed by atoms with Crippen LogP contribution in [0.1, 0.15) is 252 Å². The van der Waals surface area contributed by atoms with E-state index >= 15 is 0 Å². The average Bonchev–Trinajstić information content (AvgIpc) is 3.30. The number of carbonyl (C=O) groups is 3. The van der Waals surface area contributed by atoms with Gasteiger partial charge in [0.2, 0.25) is 0 Å². The van der Waals surface area contributed by atoms with Crippen molar-refractivity contribution >= 4 is 17.9 Å². The fourth-order valence-electron chi connectivity index (χ4n) is 7.21. The highest BCUT2D eigenvalue weighted by atomic mass is 16.6. The van der Waals surface area contributed by atoms with Crippen molar-refractivity contribution in [3.63, 3.8) is 0 Å². The smallest absolute Gasteiger partial charge is 0.306 e. The molecular formula is C59H100O6. The van der Waals surface area contributed by atoms with Gasteiger partial charge in [-0.3, -0.25) is 14.4 Å². The minimum atomic E-state index is -0.814. The van der Waals surface area contributed by atoms with Gasteiger partial charge in [-0.2, -0.15) is 0 Å². The van der Waals surface area contributed by atoms with Crippen molar-refractivity contribution in [3.05, 3.63) is 85.1 Å². The van der Waals surface area contributed by atoms with Crippen molar-refractivity contribution < 1.29 is 28.6 Å². The Morgan fingerprint density at radius 1 is 0.308 bits per heavy atom. The number of unbranched alkanes of at least 4 members (excludes halogenated alkanes) is 23. The fraction of sp³-hybridized carbons (Fsp3) is 0.712. The van der Waals surface area contributed by atoms with E-state index < -0.39 is 6.10 Å². The highest BCUT2D eigenvalue weighted by Crippen LogP contribution is 2.13. The molecule has 0 aromatic rings. The molecule has 0 bridgehead atoms. The molecular weight excluding hydrogens is 805 g/mol. The van der Waals surface area contributed by atoms with Crippen LogP contribution < -0.4 is 0 Å². The molecule has 0 aromatic carbocycles. The number of hydrogen-bond donors (Lipinski definition) is 0. The summed E-state index contributed by atoms with van der Waals surface area (Å²) >= 11 is 0. The zero-order valence-electron chi connectivity index (χ0n) is 42.5. The van der Waals surface area contributed by atoms with E-state index in [9.17, 15) is 14.4 Å². The van der Waals surface area contributed by atoms with Gasteiger partial charge >= 0.3 is 17.9 Å². The van der Waals surface area contributed by atoms with E-state index in [-0.39, 0.29) is 37.5 Å². The van der Waals surface area contributed by atoms with Crippen molar-refractivity contribution in [2.75, 3.05) is 13.2 Å². The monoisotopic (exact) mass is 905 g/mol. The summed E-state index contributed by atoms with van der Waals surface area (Å²) in [5, 5.41) is 0. The molecule has 0 fully saturated rings. The van der Waals surface area contributed by atoms with Crippen LogP contribution in [-0.4, -0.2) is 37.2 Å². The molecule has 0 unspecified atom stereocenters. The highest BCUT2D eigenvalue weighted by molar-refractivity contribution is 5.71. The van der Waals surface area contributed by atoms with Gasteiger partial charge < -0.3 is 14.2 Å². The van der Waals surface area contributed by atoms with Gasteiger partial charge in [0.25, 0.3) is 0 Å². The Kier molecular flexibility index (Phi) is 50.4. The lowest BCUT2D eigenvalue weighted by atomic mass is 10.1. The molecule has 0 amide bonds. The average molecular weight is 905 g/mol. The molecule has 372 valence electrons. The van der Waals surface area contributed by atoms with Crippen LogP contribution in [-0.2, 0) is 28.6 Å². The minimum absolute atomic E-state index is 0.106. The van der Waals surface area contributed by atoms with Crippen LogP contribution in [0.5, 0.6) is 0 Å². The quantitative estimate of drug-likeness (QED) is 0.0262. The summed E-state index contributed by atoms with van der Waals surface area (Å²) in [7, 11) is 0. The predicted octanol–water partition coefficient (Wildman–Crippen LogP) is 18.0. The molecule has 6 heteroatoms. The maximum absolute atomic E-state index is 12.8. The van der Waals surface area contributed by atoms with Gasteiger partial charge in [0.15, 0.2) is 6.10 Å². The van der Waals surface area contributed by atoms with Gasteiger partial charge in [-0.25, -0.2) is 0 Å². The molecule has 0 rings (SSSR count). The zero-order valence-corrected chi connectivity index (χ0v) is 42.5. The Morgan fingerprint density at radius 3 is 0.938 bits per heavy atom.